The van der Waals surface area contributed by atoms with Crippen molar-refractivity contribution in [3.63, 3.8) is 0 Å². The minimum atomic E-state index is -0.736. The molecule has 1 N–H and O–H groups in total. The van der Waals surface area contributed by atoms with E-state index in [9.17, 15) is 9.59 Å². The predicted octanol–water partition coefficient (Wildman–Crippen LogP) is 9.94. The number of carbonyl (C=O) groups is 2. The number of anilines is 1. The van der Waals surface area contributed by atoms with Gasteiger partial charge in [-0.05, 0) is 94.1 Å². The normalized spacial score (nSPS) is 20.2. The molecule has 0 saturated heterocycles. The van der Waals surface area contributed by atoms with Crippen molar-refractivity contribution >= 4 is 35.4 Å². The lowest BCUT2D eigenvalue weighted by atomic mass is 9.80. The fraction of sp³-hybridized carbons (Fsp3) is 0.452. The topological polar surface area (TPSA) is 69.8 Å². The van der Waals surface area contributed by atoms with Gasteiger partial charge in [-0.25, -0.2) is 4.58 Å². The second-order valence-corrected chi connectivity index (χ2v) is 14.6. The minimum absolute atomic E-state index is 0.144. The van der Waals surface area contributed by atoms with Crippen LogP contribution in [0, 0.1) is 5.41 Å². The lowest BCUT2D eigenvalue weighted by molar-refractivity contribution is -0.455. The van der Waals surface area contributed by atoms with Crippen molar-refractivity contribution in [1.29, 1.82) is 0 Å². The van der Waals surface area contributed by atoms with Gasteiger partial charge in [-0.15, -0.1) is 0 Å². The summed E-state index contributed by atoms with van der Waals surface area (Å²) in [5.74, 6) is -0.736. The third-order valence-electron chi connectivity index (χ3n) is 10.0. The molecule has 0 unspecified atom stereocenters. The first-order chi connectivity index (χ1) is 23.5. The van der Waals surface area contributed by atoms with E-state index < -0.39 is 5.97 Å². The molecule has 2 aliphatic heterocycles. The van der Waals surface area contributed by atoms with Gasteiger partial charge < -0.3 is 14.7 Å². The number of allylic oxidation sites excluding steroid dienone is 12. The summed E-state index contributed by atoms with van der Waals surface area (Å²) < 4.78 is 7.21. The number of halogens is 1. The Hall–Kier alpha value is -3.90. The van der Waals surface area contributed by atoms with Gasteiger partial charge in [-0.1, -0.05) is 80.6 Å². The Labute approximate surface area is 298 Å². The summed E-state index contributed by atoms with van der Waals surface area (Å²) in [7, 11) is 0. The summed E-state index contributed by atoms with van der Waals surface area (Å²) in [6.45, 7) is 15.7. The molecule has 6 nitrogen and oxygen atoms in total. The number of para-hydroxylation sites is 1. The molecule has 0 aromatic heterocycles. The van der Waals surface area contributed by atoms with E-state index in [0.29, 0.717) is 19.5 Å². The third-order valence-corrected chi connectivity index (χ3v) is 10.5. The van der Waals surface area contributed by atoms with Gasteiger partial charge in [0.25, 0.3) is 6.47 Å². The van der Waals surface area contributed by atoms with E-state index in [1.54, 1.807) is 6.08 Å². The number of carboxylic acid groups (broad SMARTS) is 1. The fourth-order valence-electron chi connectivity index (χ4n) is 7.18. The van der Waals surface area contributed by atoms with E-state index in [-0.39, 0.29) is 17.3 Å². The van der Waals surface area contributed by atoms with Gasteiger partial charge >= 0.3 is 5.97 Å². The van der Waals surface area contributed by atoms with Crippen LogP contribution >= 0.6 is 11.6 Å². The quantitative estimate of drug-likeness (QED) is 0.0721. The first kappa shape index (κ1) is 37.9. The zero-order valence-electron chi connectivity index (χ0n) is 29.8. The van der Waals surface area contributed by atoms with Crippen LogP contribution < -0.4 is 4.90 Å². The molecule has 1 aromatic rings. The molecule has 3 aliphatic rings. The summed E-state index contributed by atoms with van der Waals surface area (Å²) in [6, 6.07) is 8.68. The van der Waals surface area contributed by atoms with Gasteiger partial charge in [-0.3, -0.25) is 9.59 Å². The molecule has 4 rings (SSSR count). The first-order valence-corrected chi connectivity index (χ1v) is 18.2. The highest BCUT2D eigenvalue weighted by Crippen LogP contribution is 2.48. The Bertz CT molecular complexity index is 1600. The van der Waals surface area contributed by atoms with Crippen LogP contribution in [-0.2, 0) is 19.7 Å². The Morgan fingerprint density at radius 2 is 1.78 bits per heavy atom. The van der Waals surface area contributed by atoms with Gasteiger partial charge in [-0.2, -0.15) is 0 Å². The van der Waals surface area contributed by atoms with Crippen LogP contribution in [0.2, 0.25) is 0 Å². The number of carboxylic acids is 1. The SMILES string of the molecule is C=C/C=C\C1=C[N+](CCCCCC(=O)O)=C(/C=C/C2=C(Cl)C(=C/C=C3/N(CCCCCOC=O)c4ccccc4C3(C)C)/CCC2)C1(C)C. The lowest BCUT2D eigenvalue weighted by Gasteiger charge is -2.27. The molecule has 262 valence electrons. The van der Waals surface area contributed by atoms with Gasteiger partial charge in [0.1, 0.15) is 6.54 Å². The van der Waals surface area contributed by atoms with Crippen LogP contribution in [0.3, 0.4) is 0 Å². The minimum Gasteiger partial charge on any atom is -0.481 e. The number of hydrogen-bond donors (Lipinski definition) is 1. The smallest absolute Gasteiger partial charge is 0.303 e. The van der Waals surface area contributed by atoms with Crippen molar-refractivity contribution < 1.29 is 24.0 Å². The summed E-state index contributed by atoms with van der Waals surface area (Å²) in [5.41, 5.74) is 8.26. The molecular formula is C42H54ClN2O4+. The number of aliphatic carboxylic acids is 1. The molecule has 0 amide bonds. The molecule has 0 radical (unpaired) electrons. The summed E-state index contributed by atoms with van der Waals surface area (Å²) in [4.78, 5) is 23.9. The second kappa shape index (κ2) is 17.7. The number of rotatable bonds is 18. The highest BCUT2D eigenvalue weighted by atomic mass is 35.5. The number of hydrogen-bond acceptors (Lipinski definition) is 4. The van der Waals surface area contributed by atoms with E-state index in [4.69, 9.17) is 21.4 Å². The average molecular weight is 686 g/mol. The molecule has 0 fully saturated rings. The molecule has 0 atom stereocenters. The Morgan fingerprint density at radius 1 is 1.00 bits per heavy atom. The van der Waals surface area contributed by atoms with Gasteiger partial charge in [0.15, 0.2) is 11.9 Å². The zero-order valence-corrected chi connectivity index (χ0v) is 30.6. The molecule has 49 heavy (non-hydrogen) atoms. The van der Waals surface area contributed by atoms with Gasteiger partial charge in [0.2, 0.25) is 0 Å². The van der Waals surface area contributed by atoms with Gasteiger partial charge in [0, 0.05) is 52.9 Å². The Kier molecular flexibility index (Phi) is 13.7. The fourth-order valence-corrected chi connectivity index (χ4v) is 7.50. The van der Waals surface area contributed by atoms with Crippen molar-refractivity contribution in [3.8, 4) is 0 Å². The van der Waals surface area contributed by atoms with Gasteiger partial charge in [0.05, 0.1) is 12.0 Å². The van der Waals surface area contributed by atoms with E-state index in [1.165, 1.54) is 28.2 Å². The molecule has 0 saturated carbocycles. The van der Waals surface area contributed by atoms with Crippen molar-refractivity contribution in [3.05, 3.63) is 113 Å². The van der Waals surface area contributed by atoms with Crippen molar-refractivity contribution in [2.75, 3.05) is 24.6 Å². The largest absolute Gasteiger partial charge is 0.481 e. The highest BCUT2D eigenvalue weighted by Gasteiger charge is 2.41. The molecule has 7 heteroatoms. The molecular weight excluding hydrogens is 632 g/mol. The van der Waals surface area contributed by atoms with Crippen molar-refractivity contribution in [1.82, 2.24) is 0 Å². The monoisotopic (exact) mass is 685 g/mol. The van der Waals surface area contributed by atoms with Crippen LogP contribution in [-0.4, -0.2) is 47.5 Å². The first-order valence-electron chi connectivity index (χ1n) is 17.8. The average Bonchev–Trinajstić information content (AvgIpc) is 3.44. The molecule has 1 aliphatic carbocycles. The van der Waals surface area contributed by atoms with Crippen LogP contribution in [0.25, 0.3) is 0 Å². The van der Waals surface area contributed by atoms with Crippen LogP contribution in [0.1, 0.15) is 97.5 Å². The van der Waals surface area contributed by atoms with Crippen molar-refractivity contribution in [2.24, 2.45) is 5.41 Å². The number of ether oxygens (including phenoxy) is 1. The molecule has 0 bridgehead atoms. The van der Waals surface area contributed by atoms with Crippen molar-refractivity contribution in [2.45, 2.75) is 97.3 Å². The van der Waals surface area contributed by atoms with E-state index >= 15 is 0 Å². The summed E-state index contributed by atoms with van der Waals surface area (Å²) in [6.07, 6.45) is 25.6. The van der Waals surface area contributed by atoms with E-state index in [1.807, 2.05) is 6.08 Å². The number of unbranched alkanes of at least 4 members (excludes halogenated alkanes) is 4. The Balaban J connectivity index is 1.59. The molecule has 2 heterocycles. The number of nitrogens with zero attached hydrogens (tertiary/aromatic N) is 2. The summed E-state index contributed by atoms with van der Waals surface area (Å²) in [5, 5.41) is 9.86. The maximum atomic E-state index is 11.0. The highest BCUT2D eigenvalue weighted by molar-refractivity contribution is 6.32. The Morgan fingerprint density at radius 3 is 2.53 bits per heavy atom. The number of benzene rings is 1. The zero-order chi connectivity index (χ0) is 35.4. The number of fused-ring (bicyclic) bond motifs is 1. The lowest BCUT2D eigenvalue weighted by Crippen LogP contribution is -2.27. The summed E-state index contributed by atoms with van der Waals surface area (Å²) >= 11 is 7.18. The number of carbonyl (C=O) groups excluding carboxylic acids is 1. The van der Waals surface area contributed by atoms with E-state index in [0.717, 1.165) is 80.6 Å². The van der Waals surface area contributed by atoms with E-state index in [2.05, 4.69) is 105 Å². The third kappa shape index (κ3) is 9.42. The molecule has 0 spiro atoms. The van der Waals surface area contributed by atoms with Crippen LogP contribution in [0.4, 0.5) is 5.69 Å². The van der Waals surface area contributed by atoms with Crippen LogP contribution in [0.5, 0.6) is 0 Å². The van der Waals surface area contributed by atoms with Crippen LogP contribution in [0.15, 0.2) is 107 Å². The predicted molar refractivity (Wildman–Crippen MR) is 202 cm³/mol. The standard InChI is InChI=1S/C42H53ClN2O4/c1-6-7-19-34-30-44(27-13-8-10-22-39(47)48)37(41(34,2)3)25-23-32-17-16-18-33(40(32)43)24-26-38-42(4,5)35-20-11-12-21-36(35)45(38)28-14-9-15-29-49-31-46/h6-7,11-12,19-21,23-26,30-31H,1,8-10,13-18,22,27-29H2,2-5H3/p+1/b19-7-. The maximum absolute atomic E-state index is 11.0. The molecule has 1 aromatic carbocycles. The maximum Gasteiger partial charge on any atom is 0.303 e. The second-order valence-electron chi connectivity index (χ2n) is 14.2.